The zero-order valence-corrected chi connectivity index (χ0v) is 12.2. The molecule has 1 atom stereocenters. The molecule has 0 spiro atoms. The first kappa shape index (κ1) is 15.5. The van der Waals surface area contributed by atoms with Gasteiger partial charge in [0.05, 0.1) is 7.11 Å². The molecule has 1 unspecified atom stereocenters. The molecule has 0 aliphatic rings. The molecule has 0 saturated carbocycles. The van der Waals surface area contributed by atoms with Crippen LogP contribution in [0.25, 0.3) is 0 Å². The number of nitrogens with zero attached hydrogens (tertiary/aromatic N) is 1. The summed E-state index contributed by atoms with van der Waals surface area (Å²) >= 11 is 0. The van der Waals surface area contributed by atoms with Crippen molar-refractivity contribution in [2.75, 3.05) is 20.7 Å². The van der Waals surface area contributed by atoms with E-state index >= 15 is 0 Å². The van der Waals surface area contributed by atoms with Crippen molar-refractivity contribution < 1.29 is 9.53 Å². The molecule has 2 N–H and O–H groups in total. The molecule has 0 radical (unpaired) electrons. The molecule has 0 heterocycles. The highest BCUT2D eigenvalue weighted by Gasteiger charge is 2.14. The molecular weight excluding hydrogens is 240 g/mol. The number of benzene rings is 1. The Morgan fingerprint density at radius 1 is 1.42 bits per heavy atom. The zero-order chi connectivity index (χ0) is 14.4. The van der Waals surface area contributed by atoms with E-state index in [1.165, 1.54) is 0 Å². The molecule has 4 nitrogen and oxygen atoms in total. The van der Waals surface area contributed by atoms with Crippen molar-refractivity contribution in [1.82, 2.24) is 4.90 Å². The molecule has 1 amide bonds. The summed E-state index contributed by atoms with van der Waals surface area (Å²) in [7, 11) is 3.39. The van der Waals surface area contributed by atoms with E-state index in [9.17, 15) is 4.79 Å². The van der Waals surface area contributed by atoms with Gasteiger partial charge in [0.1, 0.15) is 5.75 Å². The minimum atomic E-state index is -0.00476. The molecule has 106 valence electrons. The Labute approximate surface area is 115 Å². The number of hydrogen-bond donors (Lipinski definition) is 1. The van der Waals surface area contributed by atoms with Crippen LogP contribution in [0.1, 0.15) is 30.6 Å². The summed E-state index contributed by atoms with van der Waals surface area (Å²) in [6, 6.07) is 7.32. The zero-order valence-electron chi connectivity index (χ0n) is 12.2. The molecule has 19 heavy (non-hydrogen) atoms. The molecule has 1 aromatic carbocycles. The van der Waals surface area contributed by atoms with Crippen LogP contribution in [0.3, 0.4) is 0 Å². The van der Waals surface area contributed by atoms with Crippen LogP contribution in [-0.2, 0) is 0 Å². The Hall–Kier alpha value is -1.55. The molecule has 0 saturated heterocycles. The van der Waals surface area contributed by atoms with Crippen LogP contribution in [0, 0.1) is 5.92 Å². The Kier molecular flexibility index (Phi) is 5.83. The first-order valence-corrected chi connectivity index (χ1v) is 6.60. The molecule has 0 fully saturated rings. The average Bonchev–Trinajstić information content (AvgIpc) is 2.43. The number of methoxy groups -OCH3 is 1. The second-order valence-electron chi connectivity index (χ2n) is 5.16. The molecule has 0 aliphatic heterocycles. The van der Waals surface area contributed by atoms with Crippen molar-refractivity contribution in [3.05, 3.63) is 29.8 Å². The van der Waals surface area contributed by atoms with Gasteiger partial charge < -0.3 is 15.4 Å². The van der Waals surface area contributed by atoms with Gasteiger partial charge in [0.15, 0.2) is 0 Å². The van der Waals surface area contributed by atoms with Crippen molar-refractivity contribution in [2.45, 2.75) is 26.3 Å². The van der Waals surface area contributed by atoms with Crippen LogP contribution in [0.5, 0.6) is 5.75 Å². The lowest BCUT2D eigenvalue weighted by Gasteiger charge is -2.21. The fraction of sp³-hybridized carbons (Fsp3) is 0.533. The lowest BCUT2D eigenvalue weighted by molar-refractivity contribution is 0.0789. The summed E-state index contributed by atoms with van der Waals surface area (Å²) in [6.07, 6.45) is 0.809. The van der Waals surface area contributed by atoms with Crippen LogP contribution in [0.15, 0.2) is 24.3 Å². The first-order chi connectivity index (χ1) is 8.95. The monoisotopic (exact) mass is 264 g/mol. The second-order valence-corrected chi connectivity index (χ2v) is 5.16. The predicted octanol–water partition coefficient (Wildman–Crippen LogP) is 2.14. The lowest BCUT2D eigenvalue weighted by Crippen LogP contribution is -2.34. The van der Waals surface area contributed by atoms with Crippen molar-refractivity contribution in [3.63, 3.8) is 0 Å². The van der Waals surface area contributed by atoms with Crippen molar-refractivity contribution in [2.24, 2.45) is 11.7 Å². The van der Waals surface area contributed by atoms with Gasteiger partial charge in [-0.2, -0.15) is 0 Å². The summed E-state index contributed by atoms with van der Waals surface area (Å²) < 4.78 is 5.12. The number of nitrogens with two attached hydrogens (primary N) is 1. The molecule has 1 rings (SSSR count). The normalized spacial score (nSPS) is 12.3. The number of carbonyl (C=O) groups is 1. The molecule has 0 bridgehead atoms. The molecule has 1 aromatic rings. The number of hydrogen-bond acceptors (Lipinski definition) is 3. The summed E-state index contributed by atoms with van der Waals surface area (Å²) in [5, 5.41) is 0. The maximum atomic E-state index is 12.2. The van der Waals surface area contributed by atoms with Crippen LogP contribution in [-0.4, -0.2) is 37.6 Å². The smallest absolute Gasteiger partial charge is 0.253 e. The molecule has 0 aliphatic carbocycles. The Balaban J connectivity index is 2.61. The predicted molar refractivity (Wildman–Crippen MR) is 77.4 cm³/mol. The van der Waals surface area contributed by atoms with Crippen LogP contribution >= 0.6 is 0 Å². The van der Waals surface area contributed by atoms with Crippen molar-refractivity contribution >= 4 is 5.91 Å². The second kappa shape index (κ2) is 7.14. The summed E-state index contributed by atoms with van der Waals surface area (Å²) in [6.45, 7) is 4.85. The maximum Gasteiger partial charge on any atom is 0.253 e. The lowest BCUT2D eigenvalue weighted by atomic mass is 10.0. The van der Waals surface area contributed by atoms with E-state index in [4.69, 9.17) is 10.5 Å². The largest absolute Gasteiger partial charge is 0.497 e. The average molecular weight is 264 g/mol. The Bertz CT molecular complexity index is 418. The van der Waals surface area contributed by atoms with Crippen molar-refractivity contribution in [1.29, 1.82) is 0 Å². The van der Waals surface area contributed by atoms with Crippen molar-refractivity contribution in [3.8, 4) is 5.75 Å². The first-order valence-electron chi connectivity index (χ1n) is 6.60. The summed E-state index contributed by atoms with van der Waals surface area (Å²) in [4.78, 5) is 13.9. The fourth-order valence-electron chi connectivity index (χ4n) is 1.75. The fourth-order valence-corrected chi connectivity index (χ4v) is 1.75. The minimum absolute atomic E-state index is 0.00476. The minimum Gasteiger partial charge on any atom is -0.497 e. The Morgan fingerprint density at radius 3 is 2.68 bits per heavy atom. The Morgan fingerprint density at radius 2 is 2.11 bits per heavy atom. The summed E-state index contributed by atoms with van der Waals surface area (Å²) in [5.41, 5.74) is 6.63. The topological polar surface area (TPSA) is 55.6 Å². The highest BCUT2D eigenvalue weighted by Crippen LogP contribution is 2.14. The van der Waals surface area contributed by atoms with Gasteiger partial charge in [0.25, 0.3) is 5.91 Å². The van der Waals surface area contributed by atoms with Gasteiger partial charge >= 0.3 is 0 Å². The van der Waals surface area contributed by atoms with E-state index in [0.29, 0.717) is 23.8 Å². The van der Waals surface area contributed by atoms with Gasteiger partial charge in [-0.05, 0) is 30.5 Å². The number of ether oxygens (including phenoxy) is 1. The van der Waals surface area contributed by atoms with E-state index in [1.54, 1.807) is 31.2 Å². The quantitative estimate of drug-likeness (QED) is 0.856. The van der Waals surface area contributed by atoms with Gasteiger partial charge in [-0.1, -0.05) is 19.9 Å². The highest BCUT2D eigenvalue weighted by atomic mass is 16.5. The standard InChI is InChI=1S/C15H24N2O2/c1-11(2)14(16)8-9-17(3)15(18)12-6-5-7-13(10-12)19-4/h5-7,10-11,14H,8-9,16H2,1-4H3. The van der Waals surface area contributed by atoms with Crippen LogP contribution in [0.4, 0.5) is 0 Å². The number of carbonyl (C=O) groups excluding carboxylic acids is 1. The SMILES string of the molecule is COc1cccc(C(=O)N(C)CCC(N)C(C)C)c1. The highest BCUT2D eigenvalue weighted by molar-refractivity contribution is 5.94. The van der Waals surface area contributed by atoms with Gasteiger partial charge in [0.2, 0.25) is 0 Å². The third-order valence-corrected chi connectivity index (χ3v) is 3.32. The maximum absolute atomic E-state index is 12.2. The number of rotatable bonds is 6. The number of amides is 1. The third kappa shape index (κ3) is 4.56. The van der Waals surface area contributed by atoms with Gasteiger partial charge in [0, 0.05) is 25.2 Å². The van der Waals surface area contributed by atoms with Gasteiger partial charge in [-0.15, -0.1) is 0 Å². The van der Waals surface area contributed by atoms with Gasteiger partial charge in [-0.25, -0.2) is 0 Å². The van der Waals surface area contributed by atoms with E-state index in [1.807, 2.05) is 12.1 Å². The van der Waals surface area contributed by atoms with E-state index in [-0.39, 0.29) is 11.9 Å². The van der Waals surface area contributed by atoms with Crippen LogP contribution < -0.4 is 10.5 Å². The van der Waals surface area contributed by atoms with Crippen LogP contribution in [0.2, 0.25) is 0 Å². The molecular formula is C15H24N2O2. The molecule has 0 aromatic heterocycles. The van der Waals surface area contributed by atoms with E-state index in [0.717, 1.165) is 6.42 Å². The van der Waals surface area contributed by atoms with E-state index in [2.05, 4.69) is 13.8 Å². The summed E-state index contributed by atoms with van der Waals surface area (Å²) in [5.74, 6) is 1.12. The van der Waals surface area contributed by atoms with E-state index < -0.39 is 0 Å². The third-order valence-electron chi connectivity index (χ3n) is 3.32. The molecule has 4 heteroatoms. The van der Waals surface area contributed by atoms with Gasteiger partial charge in [-0.3, -0.25) is 4.79 Å².